The number of ether oxygens (including phenoxy) is 2. The molecule has 1 aromatic carbocycles. The molecule has 0 saturated carbocycles. The molecule has 0 aliphatic rings. The van der Waals surface area contributed by atoms with Gasteiger partial charge in [0.15, 0.2) is 28.6 Å². The molecule has 11 nitrogen and oxygen atoms in total. The molecular formula is C17H15N3O8S. The van der Waals surface area contributed by atoms with Gasteiger partial charge in [-0.05, 0) is 12.1 Å². The maximum Gasteiger partial charge on any atom is 0.352 e. The Labute approximate surface area is 167 Å². The number of aromatic nitrogens is 1. The molecule has 12 heteroatoms. The zero-order chi connectivity index (χ0) is 21.6. The summed E-state index contributed by atoms with van der Waals surface area (Å²) in [7, 11) is 0. The third-order valence-electron chi connectivity index (χ3n) is 3.15. The number of esters is 2. The average Bonchev–Trinajstić information content (AvgIpc) is 3.05. The van der Waals surface area contributed by atoms with Gasteiger partial charge in [-0.25, -0.2) is 9.78 Å². The molecular weight excluding hydrogens is 406 g/mol. The largest absolute Gasteiger partial charge is 0.478 e. The number of rotatable bonds is 8. The van der Waals surface area contributed by atoms with Crippen LogP contribution in [-0.4, -0.2) is 40.0 Å². The lowest BCUT2D eigenvalue weighted by molar-refractivity contribution is -0.151. The maximum atomic E-state index is 11.6. The zero-order valence-corrected chi connectivity index (χ0v) is 16.0. The van der Waals surface area contributed by atoms with Gasteiger partial charge in [0.25, 0.3) is 0 Å². The van der Waals surface area contributed by atoms with Crippen molar-refractivity contribution in [2.24, 2.45) is 5.16 Å². The summed E-state index contributed by atoms with van der Waals surface area (Å²) in [5.41, 5.74) is 5.37. The molecule has 152 valence electrons. The molecule has 0 amide bonds. The summed E-state index contributed by atoms with van der Waals surface area (Å²) in [6.45, 7) is 2.27. The number of anilines is 1. The van der Waals surface area contributed by atoms with E-state index in [4.69, 9.17) is 20.0 Å². The van der Waals surface area contributed by atoms with E-state index in [0.29, 0.717) is 6.29 Å². The number of carboxylic acid groups (broad SMARTS) is 1. The highest BCUT2D eigenvalue weighted by atomic mass is 32.1. The van der Waals surface area contributed by atoms with Gasteiger partial charge >= 0.3 is 17.9 Å². The minimum atomic E-state index is -1.67. The van der Waals surface area contributed by atoms with Crippen LogP contribution in [0.2, 0.25) is 0 Å². The fourth-order valence-corrected chi connectivity index (χ4v) is 2.61. The second kappa shape index (κ2) is 9.41. The molecule has 1 atom stereocenters. The molecule has 0 bridgehead atoms. The predicted molar refractivity (Wildman–Crippen MR) is 99.6 cm³/mol. The van der Waals surface area contributed by atoms with E-state index >= 15 is 0 Å². The Kier molecular flexibility index (Phi) is 6.98. The van der Waals surface area contributed by atoms with Crippen LogP contribution >= 0.6 is 11.3 Å². The Balaban J connectivity index is 2.37. The van der Waals surface area contributed by atoms with Crippen molar-refractivity contribution in [3.63, 3.8) is 0 Å². The summed E-state index contributed by atoms with van der Waals surface area (Å²) in [6, 6.07) is 3.66. The van der Waals surface area contributed by atoms with Gasteiger partial charge in [0.2, 0.25) is 6.10 Å². The molecule has 1 unspecified atom stereocenters. The highest BCUT2D eigenvalue weighted by Crippen LogP contribution is 2.32. The average molecular weight is 421 g/mol. The fourth-order valence-electron chi connectivity index (χ4n) is 2.05. The minimum Gasteiger partial charge on any atom is -0.478 e. The van der Waals surface area contributed by atoms with Crippen molar-refractivity contribution in [2.45, 2.75) is 20.0 Å². The minimum absolute atomic E-state index is 0.0106. The van der Waals surface area contributed by atoms with Crippen LogP contribution in [0.3, 0.4) is 0 Å². The highest BCUT2D eigenvalue weighted by molar-refractivity contribution is 7.13. The molecule has 0 aliphatic carbocycles. The Hall–Kier alpha value is -3.80. The number of aliphatic carboxylic acids is 1. The van der Waals surface area contributed by atoms with Gasteiger partial charge in [-0.15, -0.1) is 11.3 Å². The number of hydrogen-bond donors (Lipinski definition) is 2. The molecule has 29 heavy (non-hydrogen) atoms. The molecule has 0 radical (unpaired) electrons. The number of carbonyl (C=O) groups excluding carboxylic acids is 3. The smallest absolute Gasteiger partial charge is 0.352 e. The van der Waals surface area contributed by atoms with Crippen LogP contribution in [0.5, 0.6) is 11.5 Å². The van der Waals surface area contributed by atoms with Gasteiger partial charge in [-0.3, -0.25) is 14.4 Å². The van der Waals surface area contributed by atoms with Crippen LogP contribution in [0, 0.1) is 0 Å². The van der Waals surface area contributed by atoms with Crippen LogP contribution in [0.1, 0.15) is 31.2 Å². The topological polar surface area (TPSA) is 167 Å². The number of carboxylic acids is 1. The number of aldehydes is 1. The second-order valence-electron chi connectivity index (χ2n) is 5.38. The summed E-state index contributed by atoms with van der Waals surface area (Å²) in [6.07, 6.45) is -1.33. The number of thiazole rings is 1. The van der Waals surface area contributed by atoms with E-state index in [1.54, 1.807) is 0 Å². The van der Waals surface area contributed by atoms with E-state index in [2.05, 4.69) is 10.1 Å². The highest BCUT2D eigenvalue weighted by Gasteiger charge is 2.25. The van der Waals surface area contributed by atoms with Gasteiger partial charge in [0.1, 0.15) is 5.69 Å². The molecule has 0 saturated heterocycles. The number of nitrogens with two attached hydrogens (primary N) is 1. The zero-order valence-electron chi connectivity index (χ0n) is 15.1. The third-order valence-corrected chi connectivity index (χ3v) is 3.83. The first-order chi connectivity index (χ1) is 13.7. The molecule has 2 rings (SSSR count). The van der Waals surface area contributed by atoms with E-state index in [9.17, 15) is 24.3 Å². The summed E-state index contributed by atoms with van der Waals surface area (Å²) in [5.74, 6) is -3.10. The summed E-state index contributed by atoms with van der Waals surface area (Å²) < 4.78 is 9.88. The van der Waals surface area contributed by atoms with E-state index in [0.717, 1.165) is 31.3 Å². The van der Waals surface area contributed by atoms with Crippen molar-refractivity contribution in [3.05, 3.63) is 34.8 Å². The van der Waals surface area contributed by atoms with E-state index in [1.165, 1.54) is 17.5 Å². The SMILES string of the molecule is CC(=O)Oc1ccc(C(ON=C(C=O)c2csc(N)n2)C(=O)O)cc1OC(C)=O. The molecule has 0 aliphatic heterocycles. The Morgan fingerprint density at radius 2 is 1.86 bits per heavy atom. The van der Waals surface area contributed by atoms with Gasteiger partial charge in [0.05, 0.1) is 0 Å². The molecule has 1 heterocycles. The Bertz CT molecular complexity index is 985. The van der Waals surface area contributed by atoms with Crippen molar-refractivity contribution in [1.29, 1.82) is 0 Å². The van der Waals surface area contributed by atoms with Gasteiger partial charge in [0, 0.05) is 24.8 Å². The predicted octanol–water partition coefficient (Wildman–Crippen LogP) is 1.32. The number of benzene rings is 1. The lowest BCUT2D eigenvalue weighted by Crippen LogP contribution is -2.16. The number of nitrogen functional groups attached to an aromatic ring is 1. The quantitative estimate of drug-likeness (QED) is 0.208. The van der Waals surface area contributed by atoms with Gasteiger partial charge in [-0.2, -0.15) is 0 Å². The van der Waals surface area contributed by atoms with Crippen molar-refractivity contribution < 1.29 is 38.6 Å². The number of nitrogens with zero attached hydrogens (tertiary/aromatic N) is 2. The first-order valence-corrected chi connectivity index (χ1v) is 8.73. The lowest BCUT2D eigenvalue weighted by Gasteiger charge is -2.14. The summed E-state index contributed by atoms with van der Waals surface area (Å²) in [5, 5.41) is 14.7. The lowest BCUT2D eigenvalue weighted by atomic mass is 10.1. The maximum absolute atomic E-state index is 11.6. The molecule has 1 aromatic heterocycles. The standard InChI is InChI=1S/C17H15N3O8S/c1-8(22)26-13-4-3-10(5-14(13)27-9(2)23)15(16(24)25)28-20-11(6-21)12-7-29-17(18)19-12/h3-7,15H,1-2H3,(H2,18,19)(H,24,25). The Morgan fingerprint density at radius 3 is 2.38 bits per heavy atom. The molecule has 2 aromatic rings. The van der Waals surface area contributed by atoms with Crippen LogP contribution in [-0.2, 0) is 24.0 Å². The first-order valence-electron chi connectivity index (χ1n) is 7.85. The van der Waals surface area contributed by atoms with E-state index in [-0.39, 0.29) is 33.6 Å². The van der Waals surface area contributed by atoms with Crippen LogP contribution in [0.15, 0.2) is 28.7 Å². The number of carbonyl (C=O) groups is 4. The third kappa shape index (κ3) is 5.84. The Morgan fingerprint density at radius 1 is 1.21 bits per heavy atom. The molecule has 3 N–H and O–H groups in total. The van der Waals surface area contributed by atoms with E-state index < -0.39 is 24.0 Å². The van der Waals surface area contributed by atoms with Crippen molar-refractivity contribution in [1.82, 2.24) is 4.98 Å². The van der Waals surface area contributed by atoms with Crippen molar-refractivity contribution in [2.75, 3.05) is 5.73 Å². The van der Waals surface area contributed by atoms with Crippen LogP contribution in [0.4, 0.5) is 5.13 Å². The van der Waals surface area contributed by atoms with Gasteiger partial charge < -0.3 is 25.2 Å². The summed E-state index contributed by atoms with van der Waals surface area (Å²) >= 11 is 1.06. The van der Waals surface area contributed by atoms with Gasteiger partial charge in [-0.1, -0.05) is 11.2 Å². The molecule has 0 spiro atoms. The first kappa shape index (κ1) is 21.5. The van der Waals surface area contributed by atoms with E-state index in [1.807, 2.05) is 0 Å². The van der Waals surface area contributed by atoms with Crippen molar-refractivity contribution in [3.8, 4) is 11.5 Å². The monoisotopic (exact) mass is 421 g/mol. The van der Waals surface area contributed by atoms with Crippen LogP contribution in [0.25, 0.3) is 0 Å². The fraction of sp³-hybridized carbons (Fsp3) is 0.176. The summed E-state index contributed by atoms with van der Waals surface area (Å²) in [4.78, 5) is 54.2. The second-order valence-corrected chi connectivity index (χ2v) is 6.27. The molecule has 0 fully saturated rings. The van der Waals surface area contributed by atoms with Crippen molar-refractivity contribution >= 4 is 46.4 Å². The number of hydrogen-bond acceptors (Lipinski definition) is 11. The normalized spacial score (nSPS) is 12.0. The van der Waals surface area contributed by atoms with Crippen LogP contribution < -0.4 is 15.2 Å². The number of oxime groups is 1.